The summed E-state index contributed by atoms with van der Waals surface area (Å²) in [5.41, 5.74) is 0. The van der Waals surface area contributed by atoms with Crippen molar-refractivity contribution in [3.05, 3.63) is 0 Å². The topological polar surface area (TPSA) is 84.5 Å². The molecule has 6 heteroatoms. The van der Waals surface area contributed by atoms with E-state index in [0.717, 1.165) is 0 Å². The van der Waals surface area contributed by atoms with Crippen molar-refractivity contribution in [2.45, 2.75) is 25.9 Å². The first-order valence-electron chi connectivity index (χ1n) is 4.33. The minimum atomic E-state index is -1.21. The second kappa shape index (κ2) is 4.08. The minimum absolute atomic E-state index is 0.175. The molecule has 0 saturated carbocycles. The monoisotopic (exact) mass is 200 g/mol. The first kappa shape index (κ1) is 10.5. The molecule has 0 aromatic rings. The van der Waals surface area contributed by atoms with Gasteiger partial charge in [0.05, 0.1) is 6.61 Å². The van der Waals surface area contributed by atoms with Crippen LogP contribution in [-0.2, 0) is 19.1 Å². The van der Waals surface area contributed by atoms with E-state index in [0.29, 0.717) is 0 Å². The predicted molar refractivity (Wildman–Crippen MR) is 46.2 cm³/mol. The highest BCUT2D eigenvalue weighted by Crippen LogP contribution is 1.98. The zero-order valence-corrected chi connectivity index (χ0v) is 7.99. The van der Waals surface area contributed by atoms with Crippen molar-refractivity contribution >= 4 is 17.8 Å². The van der Waals surface area contributed by atoms with Crippen LogP contribution in [-0.4, -0.2) is 36.5 Å². The van der Waals surface area contributed by atoms with E-state index in [1.54, 1.807) is 6.92 Å². The number of hydrogen-bond donors (Lipinski definition) is 2. The Kier molecular flexibility index (Phi) is 3.06. The number of nitrogens with one attached hydrogen (secondary N) is 2. The number of carbonyl (C=O) groups is 3. The molecule has 1 rings (SSSR count). The minimum Gasteiger partial charge on any atom is -0.464 e. The van der Waals surface area contributed by atoms with E-state index in [-0.39, 0.29) is 12.5 Å². The summed E-state index contributed by atoms with van der Waals surface area (Å²) in [4.78, 5) is 33.5. The molecule has 2 N–H and O–H groups in total. The Hall–Kier alpha value is -1.59. The SMILES string of the molecule is CCOC(=O)C1NC(=O)[C@H](C)NC1=O. The molecule has 14 heavy (non-hydrogen) atoms. The van der Waals surface area contributed by atoms with Crippen LogP contribution >= 0.6 is 0 Å². The van der Waals surface area contributed by atoms with Crippen LogP contribution in [0.3, 0.4) is 0 Å². The molecule has 1 fully saturated rings. The number of rotatable bonds is 2. The van der Waals surface area contributed by atoms with Gasteiger partial charge >= 0.3 is 5.97 Å². The molecule has 0 bridgehead atoms. The van der Waals surface area contributed by atoms with Crippen molar-refractivity contribution in [2.75, 3.05) is 6.61 Å². The van der Waals surface area contributed by atoms with Crippen LogP contribution in [0.25, 0.3) is 0 Å². The van der Waals surface area contributed by atoms with E-state index in [9.17, 15) is 14.4 Å². The summed E-state index contributed by atoms with van der Waals surface area (Å²) in [5.74, 6) is -1.65. The third kappa shape index (κ3) is 2.01. The summed E-state index contributed by atoms with van der Waals surface area (Å²) in [6.45, 7) is 3.34. The Bertz CT molecular complexity index is 269. The number of esters is 1. The number of hydrogen-bond acceptors (Lipinski definition) is 4. The van der Waals surface area contributed by atoms with Crippen LogP contribution in [0.4, 0.5) is 0 Å². The molecule has 0 aliphatic carbocycles. The normalized spacial score (nSPS) is 26.4. The summed E-state index contributed by atoms with van der Waals surface area (Å²) in [5, 5.41) is 4.64. The number of ether oxygens (including phenoxy) is 1. The smallest absolute Gasteiger partial charge is 0.338 e. The molecule has 1 aliphatic rings. The maximum Gasteiger partial charge on any atom is 0.338 e. The van der Waals surface area contributed by atoms with Gasteiger partial charge in [-0.2, -0.15) is 0 Å². The number of piperazine rings is 1. The summed E-state index contributed by atoms with van der Waals surface area (Å²) in [6, 6.07) is -1.81. The van der Waals surface area contributed by atoms with E-state index >= 15 is 0 Å². The first-order valence-corrected chi connectivity index (χ1v) is 4.33. The Labute approximate surface area is 81.0 Å². The molecule has 6 nitrogen and oxygen atoms in total. The van der Waals surface area contributed by atoms with Crippen molar-refractivity contribution < 1.29 is 19.1 Å². The molecule has 1 aliphatic heterocycles. The largest absolute Gasteiger partial charge is 0.464 e. The molecule has 0 aromatic heterocycles. The van der Waals surface area contributed by atoms with Crippen molar-refractivity contribution in [2.24, 2.45) is 0 Å². The molecule has 0 spiro atoms. The molecule has 1 saturated heterocycles. The van der Waals surface area contributed by atoms with Gasteiger partial charge in [-0.3, -0.25) is 9.59 Å². The number of amides is 2. The van der Waals surface area contributed by atoms with E-state index < -0.39 is 24.0 Å². The lowest BCUT2D eigenvalue weighted by atomic mass is 10.1. The quantitative estimate of drug-likeness (QED) is 0.422. The summed E-state index contributed by atoms with van der Waals surface area (Å²) < 4.78 is 4.62. The Morgan fingerprint density at radius 1 is 1.36 bits per heavy atom. The van der Waals surface area contributed by atoms with Gasteiger partial charge in [-0.25, -0.2) is 4.79 Å². The van der Waals surface area contributed by atoms with Crippen molar-refractivity contribution in [3.63, 3.8) is 0 Å². The van der Waals surface area contributed by atoms with E-state index in [1.165, 1.54) is 6.92 Å². The van der Waals surface area contributed by atoms with Crippen molar-refractivity contribution in [1.82, 2.24) is 10.6 Å². The molecule has 78 valence electrons. The van der Waals surface area contributed by atoms with Crippen LogP contribution in [0, 0.1) is 0 Å². The fourth-order valence-electron chi connectivity index (χ4n) is 1.09. The summed E-state index contributed by atoms with van der Waals surface area (Å²) in [7, 11) is 0. The highest BCUT2D eigenvalue weighted by atomic mass is 16.5. The van der Waals surface area contributed by atoms with Crippen LogP contribution in [0.1, 0.15) is 13.8 Å². The molecule has 0 radical (unpaired) electrons. The second-order valence-corrected chi connectivity index (χ2v) is 2.92. The summed E-state index contributed by atoms with van der Waals surface area (Å²) >= 11 is 0. The van der Waals surface area contributed by atoms with Gasteiger partial charge in [0.2, 0.25) is 11.9 Å². The van der Waals surface area contributed by atoms with Gasteiger partial charge in [0.15, 0.2) is 0 Å². The lowest BCUT2D eigenvalue weighted by molar-refractivity contribution is -0.153. The average Bonchev–Trinajstić information content (AvgIpc) is 2.11. The predicted octanol–water partition coefficient (Wildman–Crippen LogP) is -1.45. The van der Waals surface area contributed by atoms with Crippen molar-refractivity contribution in [3.8, 4) is 0 Å². The van der Waals surface area contributed by atoms with Crippen LogP contribution in [0.5, 0.6) is 0 Å². The standard InChI is InChI=1S/C8H12N2O4/c1-3-14-8(13)5-7(12)9-4(2)6(11)10-5/h4-5H,3H2,1-2H3,(H,9,12)(H,10,11)/t4-,5?/m0/s1. The average molecular weight is 200 g/mol. The van der Waals surface area contributed by atoms with Gasteiger partial charge < -0.3 is 15.4 Å². The fourth-order valence-corrected chi connectivity index (χ4v) is 1.09. The third-order valence-electron chi connectivity index (χ3n) is 1.82. The van der Waals surface area contributed by atoms with Gasteiger partial charge in [-0.15, -0.1) is 0 Å². The zero-order chi connectivity index (χ0) is 10.7. The lowest BCUT2D eigenvalue weighted by Gasteiger charge is -2.25. The Morgan fingerprint density at radius 2 is 2.00 bits per heavy atom. The summed E-state index contributed by atoms with van der Waals surface area (Å²) in [6.07, 6.45) is 0. The van der Waals surface area contributed by atoms with Crippen LogP contribution < -0.4 is 10.6 Å². The molecule has 1 unspecified atom stereocenters. The van der Waals surface area contributed by atoms with Crippen molar-refractivity contribution in [1.29, 1.82) is 0 Å². The third-order valence-corrected chi connectivity index (χ3v) is 1.82. The molecule has 0 aromatic carbocycles. The zero-order valence-electron chi connectivity index (χ0n) is 7.99. The lowest BCUT2D eigenvalue weighted by Crippen LogP contribution is -2.63. The van der Waals surface area contributed by atoms with Crippen LogP contribution in [0.2, 0.25) is 0 Å². The van der Waals surface area contributed by atoms with Gasteiger partial charge in [0.1, 0.15) is 6.04 Å². The van der Waals surface area contributed by atoms with E-state index in [2.05, 4.69) is 15.4 Å². The molecule has 2 amide bonds. The second-order valence-electron chi connectivity index (χ2n) is 2.92. The Balaban J connectivity index is 2.66. The van der Waals surface area contributed by atoms with E-state index in [1.807, 2.05) is 0 Å². The highest BCUT2D eigenvalue weighted by molar-refractivity contribution is 6.09. The van der Waals surface area contributed by atoms with Crippen LogP contribution in [0.15, 0.2) is 0 Å². The van der Waals surface area contributed by atoms with E-state index in [4.69, 9.17) is 0 Å². The fraction of sp³-hybridized carbons (Fsp3) is 0.625. The molecular formula is C8H12N2O4. The molecule has 2 atom stereocenters. The number of carbonyl (C=O) groups excluding carboxylic acids is 3. The maximum atomic E-state index is 11.2. The highest BCUT2D eigenvalue weighted by Gasteiger charge is 2.36. The van der Waals surface area contributed by atoms with Gasteiger partial charge in [0.25, 0.3) is 5.91 Å². The van der Waals surface area contributed by atoms with Gasteiger partial charge in [0, 0.05) is 0 Å². The molecule has 1 heterocycles. The molecular weight excluding hydrogens is 188 g/mol. The van der Waals surface area contributed by atoms with Gasteiger partial charge in [-0.1, -0.05) is 0 Å². The Morgan fingerprint density at radius 3 is 2.57 bits per heavy atom. The maximum absolute atomic E-state index is 11.2. The first-order chi connectivity index (χ1) is 6.56. The van der Waals surface area contributed by atoms with Gasteiger partial charge in [-0.05, 0) is 13.8 Å².